The topological polar surface area (TPSA) is 55.4 Å². The van der Waals surface area contributed by atoms with Gasteiger partial charge in [0.15, 0.2) is 6.10 Å². The molecule has 124 valence electrons. The van der Waals surface area contributed by atoms with Gasteiger partial charge in [-0.2, -0.15) is 0 Å². The molecule has 0 aliphatic heterocycles. The maximum atomic E-state index is 13.4. The van der Waals surface area contributed by atoms with E-state index in [0.717, 1.165) is 6.08 Å². The van der Waals surface area contributed by atoms with Gasteiger partial charge in [-0.1, -0.05) is 35.9 Å². The standard InChI is InChI=1S/C18H15ClFNO3/c1-12(18(23)21-15-7-4-6-14(19)11-15)24-17(22)10-9-13-5-2-3-8-16(13)20/h2-12H,1H3,(H,21,23)/b10-9+/t12-/m1/s1. The van der Waals surface area contributed by atoms with Gasteiger partial charge in [0.05, 0.1) is 0 Å². The number of halogens is 2. The average molecular weight is 348 g/mol. The van der Waals surface area contributed by atoms with E-state index in [1.807, 2.05) is 0 Å². The van der Waals surface area contributed by atoms with E-state index in [2.05, 4.69) is 5.32 Å². The van der Waals surface area contributed by atoms with Gasteiger partial charge in [0.2, 0.25) is 0 Å². The minimum Gasteiger partial charge on any atom is -0.449 e. The smallest absolute Gasteiger partial charge is 0.331 e. The van der Waals surface area contributed by atoms with E-state index in [4.69, 9.17) is 16.3 Å². The lowest BCUT2D eigenvalue weighted by Gasteiger charge is -2.12. The van der Waals surface area contributed by atoms with Crippen LogP contribution in [0.15, 0.2) is 54.6 Å². The summed E-state index contributed by atoms with van der Waals surface area (Å²) in [6, 6.07) is 12.6. The lowest BCUT2D eigenvalue weighted by Crippen LogP contribution is -2.29. The van der Waals surface area contributed by atoms with Gasteiger partial charge in [0.1, 0.15) is 5.82 Å². The Hall–Kier alpha value is -2.66. The second-order valence-corrected chi connectivity index (χ2v) is 5.37. The highest BCUT2D eigenvalue weighted by molar-refractivity contribution is 6.30. The molecule has 1 N–H and O–H groups in total. The molecule has 6 heteroatoms. The normalized spacial score (nSPS) is 12.0. The summed E-state index contributed by atoms with van der Waals surface area (Å²) in [7, 11) is 0. The molecule has 2 rings (SSSR count). The lowest BCUT2D eigenvalue weighted by atomic mass is 10.2. The zero-order chi connectivity index (χ0) is 17.5. The Morgan fingerprint density at radius 3 is 2.67 bits per heavy atom. The van der Waals surface area contributed by atoms with Gasteiger partial charge < -0.3 is 10.1 Å². The molecule has 0 fully saturated rings. The van der Waals surface area contributed by atoms with Crippen LogP contribution < -0.4 is 5.32 Å². The number of ether oxygens (including phenoxy) is 1. The van der Waals surface area contributed by atoms with Crippen molar-refractivity contribution < 1.29 is 18.7 Å². The van der Waals surface area contributed by atoms with Gasteiger partial charge in [-0.05, 0) is 37.3 Å². The first-order valence-corrected chi connectivity index (χ1v) is 7.53. The van der Waals surface area contributed by atoms with E-state index >= 15 is 0 Å². The molecule has 1 atom stereocenters. The summed E-state index contributed by atoms with van der Waals surface area (Å²) < 4.78 is 18.4. The Kier molecular flexibility index (Phi) is 6.09. The monoisotopic (exact) mass is 347 g/mol. The van der Waals surface area contributed by atoms with E-state index in [-0.39, 0.29) is 5.56 Å². The number of esters is 1. The molecule has 0 aliphatic carbocycles. The van der Waals surface area contributed by atoms with Crippen LogP contribution in [0, 0.1) is 5.82 Å². The van der Waals surface area contributed by atoms with Crippen LogP contribution in [0.5, 0.6) is 0 Å². The minimum absolute atomic E-state index is 0.255. The fourth-order valence-corrected chi connectivity index (χ4v) is 2.04. The molecule has 0 saturated carbocycles. The largest absolute Gasteiger partial charge is 0.449 e. The number of carbonyl (C=O) groups is 2. The first-order valence-electron chi connectivity index (χ1n) is 7.15. The predicted molar refractivity (Wildman–Crippen MR) is 91.1 cm³/mol. The summed E-state index contributed by atoms with van der Waals surface area (Å²) in [5.74, 6) is -1.69. The zero-order valence-electron chi connectivity index (χ0n) is 12.8. The van der Waals surface area contributed by atoms with Crippen LogP contribution in [0.2, 0.25) is 5.02 Å². The van der Waals surface area contributed by atoms with E-state index < -0.39 is 23.8 Å². The van der Waals surface area contributed by atoms with Crippen molar-refractivity contribution in [2.45, 2.75) is 13.0 Å². The van der Waals surface area contributed by atoms with Crippen molar-refractivity contribution in [1.82, 2.24) is 0 Å². The highest BCUT2D eigenvalue weighted by Crippen LogP contribution is 2.15. The fourth-order valence-electron chi connectivity index (χ4n) is 1.85. The maximum absolute atomic E-state index is 13.4. The number of nitrogens with one attached hydrogen (secondary N) is 1. The van der Waals surface area contributed by atoms with Crippen molar-refractivity contribution >= 4 is 35.2 Å². The summed E-state index contributed by atoms with van der Waals surface area (Å²) in [5.41, 5.74) is 0.753. The number of anilines is 1. The van der Waals surface area contributed by atoms with Crippen LogP contribution in [0.1, 0.15) is 12.5 Å². The molecule has 0 saturated heterocycles. The minimum atomic E-state index is -1.01. The van der Waals surface area contributed by atoms with E-state index in [1.165, 1.54) is 25.1 Å². The van der Waals surface area contributed by atoms with Gasteiger partial charge in [-0.3, -0.25) is 4.79 Å². The van der Waals surface area contributed by atoms with Gasteiger partial charge in [0, 0.05) is 22.3 Å². The lowest BCUT2D eigenvalue weighted by molar-refractivity contribution is -0.148. The molecule has 0 heterocycles. The van der Waals surface area contributed by atoms with Crippen LogP contribution in [0.3, 0.4) is 0 Å². The molecule has 0 aromatic heterocycles. The molecule has 0 bridgehead atoms. The summed E-state index contributed by atoms with van der Waals surface area (Å²) >= 11 is 5.83. The zero-order valence-corrected chi connectivity index (χ0v) is 13.6. The third kappa shape index (κ3) is 5.21. The van der Waals surface area contributed by atoms with Gasteiger partial charge in [-0.25, -0.2) is 9.18 Å². The Bertz CT molecular complexity index is 776. The Balaban J connectivity index is 1.91. The first-order chi connectivity index (χ1) is 11.5. The molecule has 0 spiro atoms. The molecule has 0 radical (unpaired) electrons. The van der Waals surface area contributed by atoms with Gasteiger partial charge in [0.25, 0.3) is 5.91 Å². The van der Waals surface area contributed by atoms with Crippen LogP contribution in [0.4, 0.5) is 10.1 Å². The number of rotatable bonds is 5. The van der Waals surface area contributed by atoms with Crippen molar-refractivity contribution in [2.75, 3.05) is 5.32 Å². The Morgan fingerprint density at radius 2 is 1.96 bits per heavy atom. The van der Waals surface area contributed by atoms with Crippen molar-refractivity contribution in [3.8, 4) is 0 Å². The fraction of sp³-hybridized carbons (Fsp3) is 0.111. The number of hydrogen-bond donors (Lipinski definition) is 1. The van der Waals surface area contributed by atoms with Crippen molar-refractivity contribution in [3.63, 3.8) is 0 Å². The quantitative estimate of drug-likeness (QED) is 0.655. The van der Waals surface area contributed by atoms with Crippen molar-refractivity contribution in [1.29, 1.82) is 0 Å². The highest BCUT2D eigenvalue weighted by atomic mass is 35.5. The maximum Gasteiger partial charge on any atom is 0.331 e. The number of benzene rings is 2. The third-order valence-electron chi connectivity index (χ3n) is 3.06. The van der Waals surface area contributed by atoms with Crippen molar-refractivity contribution in [3.05, 3.63) is 71.0 Å². The molecule has 4 nitrogen and oxygen atoms in total. The number of amides is 1. The Morgan fingerprint density at radius 1 is 1.21 bits per heavy atom. The molecule has 0 unspecified atom stereocenters. The molecular formula is C18H15ClFNO3. The summed E-state index contributed by atoms with van der Waals surface area (Å²) in [6.45, 7) is 1.44. The number of carbonyl (C=O) groups excluding carboxylic acids is 2. The van der Waals surface area contributed by atoms with Crippen LogP contribution in [-0.4, -0.2) is 18.0 Å². The molecule has 24 heavy (non-hydrogen) atoms. The molecule has 2 aromatic rings. The SMILES string of the molecule is C[C@@H](OC(=O)/C=C/c1ccccc1F)C(=O)Nc1cccc(Cl)c1. The predicted octanol–water partition coefficient (Wildman–Crippen LogP) is 4.06. The average Bonchev–Trinajstić information content (AvgIpc) is 2.54. The van der Waals surface area contributed by atoms with Gasteiger partial charge in [-0.15, -0.1) is 0 Å². The van der Waals surface area contributed by atoms with Crippen LogP contribution >= 0.6 is 11.6 Å². The summed E-state index contributed by atoms with van der Waals surface area (Å²) in [5, 5.41) is 3.06. The van der Waals surface area contributed by atoms with E-state index in [0.29, 0.717) is 10.7 Å². The summed E-state index contributed by atoms with van der Waals surface area (Å²) in [4.78, 5) is 23.7. The van der Waals surface area contributed by atoms with Gasteiger partial charge >= 0.3 is 5.97 Å². The molecule has 0 aliphatic rings. The third-order valence-corrected chi connectivity index (χ3v) is 3.29. The molecule has 2 aromatic carbocycles. The van der Waals surface area contributed by atoms with E-state index in [1.54, 1.807) is 36.4 Å². The highest BCUT2D eigenvalue weighted by Gasteiger charge is 2.16. The second-order valence-electron chi connectivity index (χ2n) is 4.93. The van der Waals surface area contributed by atoms with Crippen LogP contribution in [0.25, 0.3) is 6.08 Å². The van der Waals surface area contributed by atoms with E-state index in [9.17, 15) is 14.0 Å². The second kappa shape index (κ2) is 8.26. The summed E-state index contributed by atoms with van der Waals surface area (Å²) in [6.07, 6.45) is 1.35. The first kappa shape index (κ1) is 17.7. The molecular weight excluding hydrogens is 333 g/mol. The van der Waals surface area contributed by atoms with Crippen molar-refractivity contribution in [2.24, 2.45) is 0 Å². The number of hydrogen-bond acceptors (Lipinski definition) is 3. The molecule has 1 amide bonds. The Labute approximate surface area is 143 Å². The van der Waals surface area contributed by atoms with Crippen LogP contribution in [-0.2, 0) is 14.3 Å².